The highest BCUT2D eigenvalue weighted by Gasteiger charge is 2.44. The summed E-state index contributed by atoms with van der Waals surface area (Å²) in [6.07, 6.45) is 3.43. The first-order valence-corrected chi connectivity index (χ1v) is 22.0. The smallest absolute Gasteiger partial charge is 0.313 e. The van der Waals surface area contributed by atoms with Gasteiger partial charge in [0.2, 0.25) is 23.1 Å². The van der Waals surface area contributed by atoms with E-state index in [9.17, 15) is 18.9 Å². The number of nitrogens with two attached hydrogens (primary N) is 2. The zero-order valence-corrected chi connectivity index (χ0v) is 36.8. The maximum Gasteiger partial charge on any atom is 0.313 e. The minimum Gasteiger partial charge on any atom is -0.491 e. The van der Waals surface area contributed by atoms with Crippen LogP contribution in [0.25, 0.3) is 11.1 Å². The number of nitro benzene ring substituents is 1. The number of fused-ring (bicyclic) bond motifs is 2. The number of oxazole rings is 1. The van der Waals surface area contributed by atoms with E-state index in [4.69, 9.17) is 39.6 Å². The lowest BCUT2D eigenvalue weighted by Crippen LogP contribution is -2.58. The van der Waals surface area contributed by atoms with Crippen molar-refractivity contribution in [1.29, 1.82) is 0 Å². The highest BCUT2D eigenvalue weighted by atomic mass is 19.1. The maximum atomic E-state index is 14.5. The minimum atomic E-state index is -0.954. The molecule has 0 aliphatic carbocycles. The summed E-state index contributed by atoms with van der Waals surface area (Å²) in [6, 6.07) is 17.7. The predicted molar refractivity (Wildman–Crippen MR) is 240 cm³/mol. The van der Waals surface area contributed by atoms with Crippen LogP contribution < -0.4 is 45.8 Å². The van der Waals surface area contributed by atoms with Crippen LogP contribution in [0.15, 0.2) is 65.1 Å². The Morgan fingerprint density at radius 2 is 1.31 bits per heavy atom. The molecule has 3 aliphatic heterocycles. The normalized spacial score (nSPS) is 18.0. The quantitative estimate of drug-likeness (QED) is 0.0419. The largest absolute Gasteiger partial charge is 0.491 e. The molecule has 344 valence electrons. The summed E-state index contributed by atoms with van der Waals surface area (Å²) in [4.78, 5) is 19.7. The standard InChI is InChI=1S/C23H27FN4O5.C23H31FN4O3/c1-3-31-19-12-15(13-20(21(19)24)32-4-2)14-27-10-8-16(9-11-27)25-23-26-17-6-5-7-18(28(29)30)22(17)33-23;1-3-29-19-12-15(13-20(21(19)24)30-4-2)14-28-10-8-16(9-11-28)23(26)27-18-7-5-6-17(25)22(18)31-23/h5-7,12-13,16H,3-4,8-11,14H2,1-2H3,(H,25,26);5-7,12-13,16,27H,3-4,8-11,14,25-26H2,1-2H3. The summed E-state index contributed by atoms with van der Waals surface area (Å²) < 4.78 is 62.5. The summed E-state index contributed by atoms with van der Waals surface area (Å²) in [5.74, 6) is -0.211. The van der Waals surface area contributed by atoms with Crippen molar-refractivity contribution in [2.45, 2.75) is 78.4 Å². The molecule has 4 heterocycles. The summed E-state index contributed by atoms with van der Waals surface area (Å²) in [6.45, 7) is 13.6. The molecule has 5 aromatic rings. The molecule has 0 bridgehead atoms. The Kier molecular flexibility index (Phi) is 14.8. The third-order valence-electron chi connectivity index (χ3n) is 11.5. The summed E-state index contributed by atoms with van der Waals surface area (Å²) in [5.41, 5.74) is 16.5. The van der Waals surface area contributed by atoms with Gasteiger partial charge in [-0.15, -0.1) is 0 Å². The second-order valence-corrected chi connectivity index (χ2v) is 15.9. The molecule has 2 saturated heterocycles. The molecule has 0 amide bonds. The number of aromatic nitrogens is 1. The van der Waals surface area contributed by atoms with Crippen molar-refractivity contribution in [2.24, 2.45) is 11.7 Å². The summed E-state index contributed by atoms with van der Waals surface area (Å²) >= 11 is 0. The van der Waals surface area contributed by atoms with Crippen LogP contribution in [0.2, 0.25) is 0 Å². The van der Waals surface area contributed by atoms with Crippen molar-refractivity contribution < 1.29 is 41.8 Å². The van der Waals surface area contributed by atoms with Gasteiger partial charge < -0.3 is 44.5 Å². The third-order valence-corrected chi connectivity index (χ3v) is 11.5. The Balaban J connectivity index is 0.000000192. The second kappa shape index (κ2) is 20.6. The predicted octanol–water partition coefficient (Wildman–Crippen LogP) is 8.28. The van der Waals surface area contributed by atoms with Crippen molar-refractivity contribution >= 4 is 34.2 Å². The zero-order valence-electron chi connectivity index (χ0n) is 36.8. The number of nitro groups is 1. The van der Waals surface area contributed by atoms with Crippen molar-refractivity contribution in [1.82, 2.24) is 14.8 Å². The van der Waals surface area contributed by atoms with E-state index in [2.05, 4.69) is 25.4 Å². The van der Waals surface area contributed by atoms with Crippen LogP contribution in [0, 0.1) is 27.7 Å². The number of hydrogen-bond donors (Lipinski definition) is 4. The van der Waals surface area contributed by atoms with E-state index in [1.807, 2.05) is 45.9 Å². The van der Waals surface area contributed by atoms with Gasteiger partial charge >= 0.3 is 5.69 Å². The average Bonchev–Trinajstić information content (AvgIpc) is 3.87. The number of piperidine rings is 2. The number of nitrogens with zero attached hydrogens (tertiary/aromatic N) is 4. The number of hydrogen-bond acceptors (Lipinski definition) is 15. The van der Waals surface area contributed by atoms with Crippen LogP contribution in [0.4, 0.5) is 31.9 Å². The Hall–Kier alpha value is -6.11. The number of benzene rings is 4. The molecule has 0 saturated carbocycles. The van der Waals surface area contributed by atoms with Gasteiger partial charge in [0, 0.05) is 44.2 Å². The lowest BCUT2D eigenvalue weighted by Gasteiger charge is -2.39. The van der Waals surface area contributed by atoms with Gasteiger partial charge in [0.25, 0.3) is 6.01 Å². The van der Waals surface area contributed by atoms with Gasteiger partial charge in [-0.25, -0.2) is 0 Å². The summed E-state index contributed by atoms with van der Waals surface area (Å²) in [5, 5.41) is 17.8. The van der Waals surface area contributed by atoms with E-state index in [1.165, 1.54) is 6.07 Å². The monoisotopic (exact) mass is 888 g/mol. The molecule has 1 unspecified atom stereocenters. The number of likely N-dealkylation sites (tertiary alicyclic amines) is 2. The van der Waals surface area contributed by atoms with Crippen LogP contribution in [0.1, 0.15) is 64.5 Å². The van der Waals surface area contributed by atoms with Crippen LogP contribution in [-0.2, 0) is 13.1 Å². The number of anilines is 3. The number of para-hydroxylation sites is 2. The number of non-ortho nitro benzene ring substituents is 1. The van der Waals surface area contributed by atoms with Gasteiger partial charge in [-0.05, 0) is 120 Å². The molecule has 1 atom stereocenters. The van der Waals surface area contributed by atoms with E-state index < -0.39 is 22.4 Å². The first-order valence-electron chi connectivity index (χ1n) is 22.0. The first kappa shape index (κ1) is 45.9. The van der Waals surface area contributed by atoms with E-state index in [1.54, 1.807) is 36.4 Å². The number of ether oxygens (including phenoxy) is 5. The van der Waals surface area contributed by atoms with Gasteiger partial charge in [-0.2, -0.15) is 13.8 Å². The third kappa shape index (κ3) is 10.6. The molecule has 18 heteroatoms. The molecule has 0 spiro atoms. The Bertz CT molecular complexity index is 2330. The Labute approximate surface area is 371 Å². The fraction of sp³-hybridized carbons (Fsp3) is 0.457. The molecular weight excluding hydrogens is 831 g/mol. The molecule has 2 fully saturated rings. The molecular formula is C46H58F2N8O8. The maximum absolute atomic E-state index is 14.5. The lowest BCUT2D eigenvalue weighted by molar-refractivity contribution is -0.383. The molecule has 16 nitrogen and oxygen atoms in total. The number of nitrogens with one attached hydrogen (secondary N) is 2. The van der Waals surface area contributed by atoms with Crippen LogP contribution in [0.5, 0.6) is 28.7 Å². The Morgan fingerprint density at radius 3 is 1.80 bits per heavy atom. The minimum absolute atomic E-state index is 0.0972. The van der Waals surface area contributed by atoms with Gasteiger partial charge in [-0.3, -0.25) is 25.6 Å². The highest BCUT2D eigenvalue weighted by molar-refractivity contribution is 5.83. The van der Waals surface area contributed by atoms with Gasteiger partial charge in [0.05, 0.1) is 42.7 Å². The number of halogens is 2. The molecule has 0 radical (unpaired) electrons. The topological polar surface area (TPSA) is 198 Å². The average molecular weight is 889 g/mol. The fourth-order valence-electron chi connectivity index (χ4n) is 8.42. The molecule has 6 N–H and O–H groups in total. The van der Waals surface area contributed by atoms with E-state index in [0.717, 1.165) is 68.7 Å². The summed E-state index contributed by atoms with van der Waals surface area (Å²) in [7, 11) is 0. The van der Waals surface area contributed by atoms with E-state index in [-0.39, 0.29) is 46.2 Å². The van der Waals surface area contributed by atoms with E-state index in [0.29, 0.717) is 62.5 Å². The van der Waals surface area contributed by atoms with Crippen molar-refractivity contribution in [3.63, 3.8) is 0 Å². The van der Waals surface area contributed by atoms with Crippen molar-refractivity contribution in [3.8, 4) is 28.7 Å². The van der Waals surface area contributed by atoms with Crippen molar-refractivity contribution in [3.05, 3.63) is 93.5 Å². The SMILES string of the molecule is CCOc1cc(CN2CCC(C3(N)Nc4cccc(N)c4O3)CC2)cc(OCC)c1F.CCOc1cc(CN2CCC(Nc3nc4cccc([N+](=O)[O-])c4o3)CC2)cc(OCC)c1F. The van der Waals surface area contributed by atoms with Gasteiger partial charge in [-0.1, -0.05) is 12.1 Å². The number of nitrogen functional groups attached to an aromatic ring is 1. The Morgan fingerprint density at radius 1 is 0.812 bits per heavy atom. The first-order chi connectivity index (χ1) is 30.9. The van der Waals surface area contributed by atoms with Gasteiger partial charge in [0.1, 0.15) is 5.52 Å². The van der Waals surface area contributed by atoms with E-state index >= 15 is 0 Å². The zero-order chi connectivity index (χ0) is 45.4. The van der Waals surface area contributed by atoms with Crippen LogP contribution in [-0.4, -0.2) is 84.2 Å². The fourth-order valence-corrected chi connectivity index (χ4v) is 8.42. The van der Waals surface area contributed by atoms with Gasteiger partial charge in [0.15, 0.2) is 28.7 Å². The molecule has 64 heavy (non-hydrogen) atoms. The van der Waals surface area contributed by atoms with Crippen LogP contribution in [0.3, 0.4) is 0 Å². The molecule has 8 rings (SSSR count). The molecule has 3 aliphatic rings. The highest BCUT2D eigenvalue weighted by Crippen LogP contribution is 2.44. The molecule has 4 aromatic carbocycles. The molecule has 1 aromatic heterocycles. The second-order valence-electron chi connectivity index (χ2n) is 15.9. The lowest BCUT2D eigenvalue weighted by atomic mass is 9.91. The number of rotatable bonds is 16. The van der Waals surface area contributed by atoms with Crippen molar-refractivity contribution in [2.75, 3.05) is 69.0 Å². The van der Waals surface area contributed by atoms with Crippen LogP contribution >= 0.6 is 0 Å².